The Morgan fingerprint density at radius 2 is 2.44 bits per heavy atom. The van der Waals surface area contributed by atoms with Crippen molar-refractivity contribution in [3.8, 4) is 0 Å². The van der Waals surface area contributed by atoms with Crippen LogP contribution in [0.5, 0.6) is 0 Å². The van der Waals surface area contributed by atoms with Crippen LogP contribution in [0.15, 0.2) is 12.3 Å². The van der Waals surface area contributed by atoms with Gasteiger partial charge in [0, 0.05) is 18.0 Å². The molecule has 2 aromatic heterocycles. The van der Waals surface area contributed by atoms with Crippen LogP contribution in [0.1, 0.15) is 12.2 Å². The molecule has 0 amide bonds. The Balaban J connectivity index is 1.97. The van der Waals surface area contributed by atoms with Gasteiger partial charge in [0.25, 0.3) is 0 Å². The van der Waals surface area contributed by atoms with E-state index in [0.717, 1.165) is 22.7 Å². The van der Waals surface area contributed by atoms with Crippen LogP contribution in [0.2, 0.25) is 0 Å². The molecule has 0 radical (unpaired) electrons. The number of aromatic amines is 1. The van der Waals surface area contributed by atoms with Gasteiger partial charge >= 0.3 is 0 Å². The molecule has 16 heavy (non-hydrogen) atoms. The van der Waals surface area contributed by atoms with Gasteiger partial charge in [0.15, 0.2) is 0 Å². The molecule has 4 nitrogen and oxygen atoms in total. The molecule has 0 spiro atoms. The molecule has 2 N–H and O–H groups in total. The van der Waals surface area contributed by atoms with Gasteiger partial charge in [-0.25, -0.2) is 9.97 Å². The van der Waals surface area contributed by atoms with E-state index < -0.39 is 0 Å². The zero-order chi connectivity index (χ0) is 11.0. The van der Waals surface area contributed by atoms with Crippen molar-refractivity contribution in [1.82, 2.24) is 15.0 Å². The summed E-state index contributed by atoms with van der Waals surface area (Å²) in [6, 6.07) is 2.58. The number of nitrogens with one attached hydrogen (secondary N) is 2. The minimum atomic E-state index is 0.553. The molecule has 5 heteroatoms. The molecule has 2 aromatic rings. The summed E-state index contributed by atoms with van der Waals surface area (Å²) in [6.45, 7) is 1.93. The topological polar surface area (TPSA) is 53.6 Å². The Bertz CT molecular complexity index is 502. The van der Waals surface area contributed by atoms with Crippen LogP contribution in [-0.4, -0.2) is 32.5 Å². The number of aryl methyl sites for hydroxylation is 1. The van der Waals surface area contributed by atoms with Crippen molar-refractivity contribution in [3.05, 3.63) is 18.1 Å². The van der Waals surface area contributed by atoms with E-state index in [2.05, 4.69) is 20.3 Å². The quantitative estimate of drug-likeness (QED) is 0.836. The van der Waals surface area contributed by atoms with Gasteiger partial charge in [-0.3, -0.25) is 0 Å². The van der Waals surface area contributed by atoms with Crippen LogP contribution in [0.3, 0.4) is 0 Å². The second-order valence-corrected chi connectivity index (χ2v) is 5.21. The number of rotatable bonds is 2. The standard InChI is InChI=1S/C11H14N4S/c1-7-13-10-9(2-4-12-10)11(14-7)15-8-3-5-16-6-8/h2,4,8H,3,5-6H2,1H3,(H2,12,13,14,15). The van der Waals surface area contributed by atoms with Gasteiger partial charge in [-0.1, -0.05) is 0 Å². The lowest BCUT2D eigenvalue weighted by Gasteiger charge is -2.12. The average molecular weight is 234 g/mol. The van der Waals surface area contributed by atoms with Gasteiger partial charge in [-0.15, -0.1) is 0 Å². The Kier molecular flexibility index (Phi) is 2.47. The van der Waals surface area contributed by atoms with Crippen molar-refractivity contribution in [1.29, 1.82) is 0 Å². The summed E-state index contributed by atoms with van der Waals surface area (Å²) in [4.78, 5) is 12.0. The summed E-state index contributed by atoms with van der Waals surface area (Å²) < 4.78 is 0. The molecular formula is C11H14N4S. The van der Waals surface area contributed by atoms with E-state index in [1.54, 1.807) is 0 Å². The van der Waals surface area contributed by atoms with Crippen LogP contribution in [0.4, 0.5) is 5.82 Å². The van der Waals surface area contributed by atoms with Gasteiger partial charge in [0.1, 0.15) is 17.3 Å². The van der Waals surface area contributed by atoms with Crippen LogP contribution in [-0.2, 0) is 0 Å². The number of anilines is 1. The summed E-state index contributed by atoms with van der Waals surface area (Å²) in [6.07, 6.45) is 3.13. The summed E-state index contributed by atoms with van der Waals surface area (Å²) >= 11 is 2.00. The number of H-pyrrole nitrogens is 1. The van der Waals surface area contributed by atoms with Crippen molar-refractivity contribution in [2.24, 2.45) is 0 Å². The second-order valence-electron chi connectivity index (χ2n) is 4.06. The Labute approximate surface area is 98.3 Å². The number of nitrogens with zero attached hydrogens (tertiary/aromatic N) is 2. The molecule has 3 heterocycles. The molecule has 1 saturated heterocycles. The third-order valence-corrected chi connectivity index (χ3v) is 3.96. The number of thioether (sulfide) groups is 1. The lowest BCUT2D eigenvalue weighted by molar-refractivity contribution is 0.806. The second kappa shape index (κ2) is 3.97. The maximum Gasteiger partial charge on any atom is 0.143 e. The van der Waals surface area contributed by atoms with Crippen LogP contribution in [0, 0.1) is 6.92 Å². The zero-order valence-corrected chi connectivity index (χ0v) is 9.97. The van der Waals surface area contributed by atoms with Crippen molar-refractivity contribution >= 4 is 28.6 Å². The molecule has 0 saturated carbocycles. The molecule has 0 aromatic carbocycles. The zero-order valence-electron chi connectivity index (χ0n) is 9.16. The van der Waals surface area contributed by atoms with Crippen molar-refractivity contribution in [2.45, 2.75) is 19.4 Å². The lowest BCUT2D eigenvalue weighted by atomic mass is 10.2. The van der Waals surface area contributed by atoms with Crippen molar-refractivity contribution in [3.63, 3.8) is 0 Å². The number of aromatic nitrogens is 3. The third kappa shape index (κ3) is 1.75. The summed E-state index contributed by atoms with van der Waals surface area (Å²) in [5, 5.41) is 4.60. The highest BCUT2D eigenvalue weighted by atomic mass is 32.2. The van der Waals surface area contributed by atoms with Crippen molar-refractivity contribution in [2.75, 3.05) is 16.8 Å². The van der Waals surface area contributed by atoms with Gasteiger partial charge in [-0.05, 0) is 25.2 Å². The minimum Gasteiger partial charge on any atom is -0.366 e. The Hall–Kier alpha value is -1.23. The van der Waals surface area contributed by atoms with E-state index in [1.807, 2.05) is 30.9 Å². The molecule has 3 rings (SSSR count). The third-order valence-electron chi connectivity index (χ3n) is 2.80. The van der Waals surface area contributed by atoms with E-state index in [9.17, 15) is 0 Å². The number of hydrogen-bond donors (Lipinski definition) is 2. The number of hydrogen-bond acceptors (Lipinski definition) is 4. The normalized spacial score (nSPS) is 20.4. The fourth-order valence-corrected chi connectivity index (χ4v) is 3.16. The maximum absolute atomic E-state index is 4.49. The highest BCUT2D eigenvalue weighted by molar-refractivity contribution is 7.99. The highest BCUT2D eigenvalue weighted by Gasteiger charge is 2.17. The molecule has 0 bridgehead atoms. The molecular weight excluding hydrogens is 220 g/mol. The lowest BCUT2D eigenvalue weighted by Crippen LogP contribution is -2.19. The number of fused-ring (bicyclic) bond motifs is 1. The first-order valence-corrected chi connectivity index (χ1v) is 6.64. The van der Waals surface area contributed by atoms with E-state index in [1.165, 1.54) is 17.9 Å². The van der Waals surface area contributed by atoms with Gasteiger partial charge in [0.2, 0.25) is 0 Å². The van der Waals surface area contributed by atoms with Gasteiger partial charge in [0.05, 0.1) is 5.39 Å². The Morgan fingerprint density at radius 1 is 1.50 bits per heavy atom. The molecule has 1 aliphatic heterocycles. The SMILES string of the molecule is Cc1nc(NC2CCSC2)c2cc[nH]c2n1. The fourth-order valence-electron chi connectivity index (χ4n) is 2.00. The largest absolute Gasteiger partial charge is 0.366 e. The minimum absolute atomic E-state index is 0.553. The molecule has 1 atom stereocenters. The van der Waals surface area contributed by atoms with Gasteiger partial charge < -0.3 is 10.3 Å². The van der Waals surface area contributed by atoms with Crippen LogP contribution < -0.4 is 5.32 Å². The van der Waals surface area contributed by atoms with E-state index in [0.29, 0.717) is 6.04 Å². The Morgan fingerprint density at radius 3 is 3.25 bits per heavy atom. The first-order chi connectivity index (χ1) is 7.83. The fraction of sp³-hybridized carbons (Fsp3) is 0.455. The summed E-state index contributed by atoms with van der Waals surface area (Å²) in [5.41, 5.74) is 0.917. The van der Waals surface area contributed by atoms with Crippen molar-refractivity contribution < 1.29 is 0 Å². The monoisotopic (exact) mass is 234 g/mol. The molecule has 1 aliphatic rings. The smallest absolute Gasteiger partial charge is 0.143 e. The molecule has 1 fully saturated rings. The molecule has 1 unspecified atom stereocenters. The first kappa shape index (κ1) is 9.96. The van der Waals surface area contributed by atoms with Crippen LogP contribution >= 0.6 is 11.8 Å². The highest BCUT2D eigenvalue weighted by Crippen LogP contribution is 2.24. The molecule has 84 valence electrons. The van der Waals surface area contributed by atoms with E-state index in [-0.39, 0.29) is 0 Å². The first-order valence-electron chi connectivity index (χ1n) is 5.49. The molecule has 0 aliphatic carbocycles. The average Bonchev–Trinajstić information content (AvgIpc) is 2.87. The van der Waals surface area contributed by atoms with E-state index >= 15 is 0 Å². The predicted octanol–water partition coefficient (Wildman–Crippen LogP) is 2.18. The summed E-state index contributed by atoms with van der Waals surface area (Å²) in [5.74, 6) is 4.20. The van der Waals surface area contributed by atoms with Gasteiger partial charge in [-0.2, -0.15) is 11.8 Å². The predicted molar refractivity (Wildman–Crippen MR) is 68.0 cm³/mol. The maximum atomic E-state index is 4.49. The van der Waals surface area contributed by atoms with Crippen LogP contribution in [0.25, 0.3) is 11.0 Å². The summed E-state index contributed by atoms with van der Waals surface area (Å²) in [7, 11) is 0. The van der Waals surface area contributed by atoms with E-state index in [4.69, 9.17) is 0 Å².